The summed E-state index contributed by atoms with van der Waals surface area (Å²) in [5, 5.41) is 13.5. The van der Waals surface area contributed by atoms with Gasteiger partial charge in [-0.25, -0.2) is 0 Å². The summed E-state index contributed by atoms with van der Waals surface area (Å²) in [6, 6.07) is 9.71. The van der Waals surface area contributed by atoms with Gasteiger partial charge >= 0.3 is 0 Å². The van der Waals surface area contributed by atoms with Crippen LogP contribution in [-0.4, -0.2) is 32.5 Å². The van der Waals surface area contributed by atoms with Gasteiger partial charge < -0.3 is 16.0 Å². The van der Waals surface area contributed by atoms with Crippen molar-refractivity contribution in [2.45, 2.75) is 19.4 Å². The minimum Gasteiger partial charge on any atom is -0.356 e. The molecule has 1 aromatic heterocycles. The van der Waals surface area contributed by atoms with Crippen LogP contribution in [0, 0.1) is 0 Å². The molecule has 2 aromatic rings. The van der Waals surface area contributed by atoms with Gasteiger partial charge in [-0.3, -0.25) is 9.79 Å². The van der Waals surface area contributed by atoms with Gasteiger partial charge in [-0.1, -0.05) is 19.1 Å². The Morgan fingerprint density at radius 1 is 1.28 bits per heavy atom. The maximum absolute atomic E-state index is 11.7. The van der Waals surface area contributed by atoms with Crippen molar-refractivity contribution in [1.29, 1.82) is 0 Å². The minimum absolute atomic E-state index is 0. The molecule has 2 rings (SSSR count). The van der Waals surface area contributed by atoms with E-state index in [1.54, 1.807) is 31.5 Å². The zero-order chi connectivity index (χ0) is 17.4. The SMILES string of the molecule is CN=C(NCc1cccc(C(=O)NC)c1)NCC(C)c1ccsc1.I. The van der Waals surface area contributed by atoms with Crippen LogP contribution in [0.2, 0.25) is 0 Å². The number of nitrogens with zero attached hydrogens (tertiary/aromatic N) is 1. The standard InChI is InChI=1S/C18H24N4OS.HI/c1-13(16-7-8-24-12-16)10-21-18(20-3)22-11-14-5-4-6-15(9-14)17(23)19-2;/h4-9,12-13H,10-11H2,1-3H3,(H,19,23)(H2,20,21,22);1H. The molecule has 0 aliphatic rings. The second kappa shape index (κ2) is 11.1. The highest BCUT2D eigenvalue weighted by atomic mass is 127. The summed E-state index contributed by atoms with van der Waals surface area (Å²) in [5.74, 6) is 1.10. The van der Waals surface area contributed by atoms with Crippen LogP contribution >= 0.6 is 35.3 Å². The Kier molecular flexibility index (Phi) is 9.51. The van der Waals surface area contributed by atoms with E-state index in [9.17, 15) is 4.79 Å². The molecule has 1 unspecified atom stereocenters. The van der Waals surface area contributed by atoms with Crippen LogP contribution in [0.4, 0.5) is 0 Å². The second-order valence-electron chi connectivity index (χ2n) is 5.54. The Balaban J connectivity index is 0.00000312. The summed E-state index contributed by atoms with van der Waals surface area (Å²) in [4.78, 5) is 15.9. The lowest BCUT2D eigenvalue weighted by Crippen LogP contribution is -2.38. The van der Waals surface area contributed by atoms with Gasteiger partial charge in [0.05, 0.1) is 0 Å². The first kappa shape index (κ1) is 21.4. The van der Waals surface area contributed by atoms with Crippen molar-refractivity contribution in [1.82, 2.24) is 16.0 Å². The lowest BCUT2D eigenvalue weighted by Gasteiger charge is -2.15. The lowest BCUT2D eigenvalue weighted by molar-refractivity contribution is 0.0963. The molecule has 25 heavy (non-hydrogen) atoms. The summed E-state index contributed by atoms with van der Waals surface area (Å²) < 4.78 is 0. The molecule has 3 N–H and O–H groups in total. The number of rotatable bonds is 6. The molecular formula is C18H25IN4OS. The van der Waals surface area contributed by atoms with E-state index in [1.807, 2.05) is 18.2 Å². The number of carbonyl (C=O) groups excluding carboxylic acids is 1. The van der Waals surface area contributed by atoms with E-state index >= 15 is 0 Å². The number of guanidine groups is 1. The zero-order valence-electron chi connectivity index (χ0n) is 14.7. The molecule has 0 fully saturated rings. The van der Waals surface area contributed by atoms with Crippen LogP contribution in [0.5, 0.6) is 0 Å². The molecule has 1 atom stereocenters. The van der Waals surface area contributed by atoms with Crippen LogP contribution < -0.4 is 16.0 Å². The predicted molar refractivity (Wildman–Crippen MR) is 116 cm³/mol. The van der Waals surface area contributed by atoms with Crippen LogP contribution in [0.15, 0.2) is 46.1 Å². The normalized spacial score (nSPS) is 12.0. The van der Waals surface area contributed by atoms with Gasteiger partial charge in [-0.15, -0.1) is 24.0 Å². The molecule has 1 heterocycles. The molecule has 0 aliphatic heterocycles. The third-order valence-corrected chi connectivity index (χ3v) is 4.49. The van der Waals surface area contributed by atoms with Gasteiger partial charge in [0.15, 0.2) is 5.96 Å². The smallest absolute Gasteiger partial charge is 0.251 e. The van der Waals surface area contributed by atoms with Crippen molar-refractivity contribution >= 4 is 47.2 Å². The highest BCUT2D eigenvalue weighted by Crippen LogP contribution is 2.16. The van der Waals surface area contributed by atoms with E-state index in [1.165, 1.54) is 5.56 Å². The van der Waals surface area contributed by atoms with Crippen molar-refractivity contribution in [3.63, 3.8) is 0 Å². The molecule has 0 bridgehead atoms. The van der Waals surface area contributed by atoms with E-state index in [4.69, 9.17) is 0 Å². The molecule has 1 amide bonds. The highest BCUT2D eigenvalue weighted by Gasteiger charge is 2.08. The van der Waals surface area contributed by atoms with Crippen molar-refractivity contribution in [2.24, 2.45) is 4.99 Å². The Morgan fingerprint density at radius 3 is 2.72 bits per heavy atom. The summed E-state index contributed by atoms with van der Waals surface area (Å²) in [6.45, 7) is 3.61. The lowest BCUT2D eigenvalue weighted by atomic mass is 10.1. The molecular weight excluding hydrogens is 447 g/mol. The van der Waals surface area contributed by atoms with Crippen molar-refractivity contribution in [3.05, 3.63) is 57.8 Å². The molecule has 136 valence electrons. The van der Waals surface area contributed by atoms with E-state index in [0.717, 1.165) is 18.1 Å². The first-order valence-electron chi connectivity index (χ1n) is 7.91. The van der Waals surface area contributed by atoms with Crippen LogP contribution in [0.25, 0.3) is 0 Å². The molecule has 0 saturated heterocycles. The Bertz CT molecular complexity index is 688. The number of amides is 1. The maximum Gasteiger partial charge on any atom is 0.251 e. The number of hydrogen-bond acceptors (Lipinski definition) is 3. The third-order valence-electron chi connectivity index (χ3n) is 3.79. The molecule has 0 saturated carbocycles. The molecule has 0 spiro atoms. The molecule has 0 aliphatic carbocycles. The van der Waals surface area contributed by atoms with Gasteiger partial charge in [-0.2, -0.15) is 11.3 Å². The van der Waals surface area contributed by atoms with E-state index < -0.39 is 0 Å². The van der Waals surface area contributed by atoms with Crippen molar-refractivity contribution < 1.29 is 4.79 Å². The summed E-state index contributed by atoms with van der Waals surface area (Å²) >= 11 is 1.71. The fraction of sp³-hybridized carbons (Fsp3) is 0.333. The highest BCUT2D eigenvalue weighted by molar-refractivity contribution is 14.0. The first-order valence-corrected chi connectivity index (χ1v) is 8.86. The topological polar surface area (TPSA) is 65.5 Å². The average molecular weight is 472 g/mol. The Morgan fingerprint density at radius 2 is 2.08 bits per heavy atom. The van der Waals surface area contributed by atoms with Gasteiger partial charge in [0.1, 0.15) is 0 Å². The summed E-state index contributed by atoms with van der Waals surface area (Å²) in [5.41, 5.74) is 3.02. The minimum atomic E-state index is -0.0797. The predicted octanol–water partition coefficient (Wildman–Crippen LogP) is 3.19. The van der Waals surface area contributed by atoms with Gasteiger partial charge in [0, 0.05) is 32.7 Å². The Hall–Kier alpha value is -1.61. The van der Waals surface area contributed by atoms with Crippen molar-refractivity contribution in [2.75, 3.05) is 20.6 Å². The summed E-state index contributed by atoms with van der Waals surface area (Å²) in [6.07, 6.45) is 0. The van der Waals surface area contributed by atoms with Crippen LogP contribution in [-0.2, 0) is 6.54 Å². The number of hydrogen-bond donors (Lipinski definition) is 3. The Labute approximate surface area is 170 Å². The van der Waals surface area contributed by atoms with Gasteiger partial charge in [0.2, 0.25) is 0 Å². The molecule has 0 radical (unpaired) electrons. The molecule has 7 heteroatoms. The number of carbonyl (C=O) groups is 1. The number of halogens is 1. The fourth-order valence-electron chi connectivity index (χ4n) is 2.30. The van der Waals surface area contributed by atoms with Crippen LogP contribution in [0.3, 0.4) is 0 Å². The summed E-state index contributed by atoms with van der Waals surface area (Å²) in [7, 11) is 3.39. The molecule has 5 nitrogen and oxygen atoms in total. The molecule has 1 aromatic carbocycles. The largest absolute Gasteiger partial charge is 0.356 e. The monoisotopic (exact) mass is 472 g/mol. The number of benzene rings is 1. The van der Waals surface area contributed by atoms with Crippen molar-refractivity contribution in [3.8, 4) is 0 Å². The average Bonchev–Trinajstić information content (AvgIpc) is 3.16. The first-order chi connectivity index (χ1) is 11.6. The van der Waals surface area contributed by atoms with E-state index in [2.05, 4.69) is 44.7 Å². The number of thiophene rings is 1. The number of aliphatic imine (C=N–C) groups is 1. The quantitative estimate of drug-likeness (QED) is 0.344. The van der Waals surface area contributed by atoms with Gasteiger partial charge in [-0.05, 0) is 46.0 Å². The van der Waals surface area contributed by atoms with E-state index in [-0.39, 0.29) is 29.9 Å². The fourth-order valence-corrected chi connectivity index (χ4v) is 3.08. The number of nitrogens with one attached hydrogen (secondary N) is 3. The third kappa shape index (κ3) is 6.66. The van der Waals surface area contributed by atoms with Crippen LogP contribution in [0.1, 0.15) is 34.3 Å². The van der Waals surface area contributed by atoms with E-state index in [0.29, 0.717) is 18.0 Å². The zero-order valence-corrected chi connectivity index (χ0v) is 17.9. The second-order valence-corrected chi connectivity index (χ2v) is 6.32. The van der Waals surface area contributed by atoms with Gasteiger partial charge in [0.25, 0.3) is 5.91 Å². The maximum atomic E-state index is 11.7.